The predicted molar refractivity (Wildman–Crippen MR) is 56.5 cm³/mol. The Bertz CT molecular complexity index is 396. The first-order chi connectivity index (χ1) is 6.92. The summed E-state index contributed by atoms with van der Waals surface area (Å²) in [6, 6.07) is 5.73. The zero-order chi connectivity index (χ0) is 9.80. The maximum Gasteiger partial charge on any atom is 0.131 e. The minimum atomic E-state index is -0.171. The average molecular weight is 203 g/mol. The number of hydrogen-bond acceptors (Lipinski definition) is 3. The molecule has 70 valence electrons. The molecule has 0 saturated carbocycles. The fourth-order valence-electron chi connectivity index (χ4n) is 1.36. The average Bonchev–Trinajstić information content (AvgIpc) is 2.74. The zero-order valence-corrected chi connectivity index (χ0v) is 8.28. The topological polar surface area (TPSA) is 30.0 Å². The van der Waals surface area contributed by atoms with Gasteiger partial charge in [0.1, 0.15) is 6.29 Å². The summed E-state index contributed by atoms with van der Waals surface area (Å²) >= 11 is 1.60. The van der Waals surface area contributed by atoms with Crippen molar-refractivity contribution < 1.29 is 4.79 Å². The Balaban J connectivity index is 2.36. The van der Waals surface area contributed by atoms with Gasteiger partial charge < -0.3 is 4.79 Å². The first kappa shape index (κ1) is 9.09. The molecule has 0 spiro atoms. The number of pyridine rings is 1. The van der Waals surface area contributed by atoms with E-state index in [0.717, 1.165) is 17.4 Å². The first-order valence-corrected chi connectivity index (χ1v) is 5.23. The highest BCUT2D eigenvalue weighted by Crippen LogP contribution is 2.23. The van der Waals surface area contributed by atoms with E-state index in [4.69, 9.17) is 0 Å². The molecule has 0 aliphatic carbocycles. The molecule has 2 aromatic heterocycles. The number of aromatic nitrogens is 1. The summed E-state index contributed by atoms with van der Waals surface area (Å²) in [7, 11) is 0. The molecule has 0 saturated heterocycles. The van der Waals surface area contributed by atoms with Crippen molar-refractivity contribution >= 4 is 17.6 Å². The van der Waals surface area contributed by atoms with Gasteiger partial charge in [-0.1, -0.05) is 6.07 Å². The molecule has 0 fully saturated rings. The number of thiophene rings is 1. The van der Waals surface area contributed by atoms with Crippen molar-refractivity contribution in [2.75, 3.05) is 0 Å². The van der Waals surface area contributed by atoms with Crippen LogP contribution in [0.2, 0.25) is 0 Å². The minimum absolute atomic E-state index is 0.171. The normalized spacial score (nSPS) is 12.3. The highest BCUT2D eigenvalue weighted by Gasteiger charge is 2.12. The standard InChI is InChI=1S/C11H9NOS/c13-7-11(10-3-5-14-8-10)9-2-1-4-12-6-9/h1-8,11H. The Kier molecular flexibility index (Phi) is 2.70. The van der Waals surface area contributed by atoms with Crippen molar-refractivity contribution in [3.63, 3.8) is 0 Å². The molecule has 14 heavy (non-hydrogen) atoms. The van der Waals surface area contributed by atoms with Gasteiger partial charge in [-0.05, 0) is 34.0 Å². The van der Waals surface area contributed by atoms with Gasteiger partial charge in [0.25, 0.3) is 0 Å². The predicted octanol–water partition coefficient (Wildman–Crippen LogP) is 2.47. The number of rotatable bonds is 3. The molecule has 0 aliphatic rings. The summed E-state index contributed by atoms with van der Waals surface area (Å²) < 4.78 is 0. The molecule has 0 radical (unpaired) electrons. The monoisotopic (exact) mass is 203 g/mol. The molecule has 1 unspecified atom stereocenters. The van der Waals surface area contributed by atoms with Gasteiger partial charge in [-0.3, -0.25) is 4.98 Å². The Hall–Kier alpha value is -1.48. The molecule has 0 aliphatic heterocycles. The quantitative estimate of drug-likeness (QED) is 0.717. The van der Waals surface area contributed by atoms with Crippen molar-refractivity contribution in [1.29, 1.82) is 0 Å². The number of carbonyl (C=O) groups is 1. The molecule has 0 aromatic carbocycles. The van der Waals surface area contributed by atoms with E-state index in [2.05, 4.69) is 4.98 Å². The van der Waals surface area contributed by atoms with E-state index < -0.39 is 0 Å². The lowest BCUT2D eigenvalue weighted by atomic mass is 9.97. The maximum absolute atomic E-state index is 11.0. The van der Waals surface area contributed by atoms with Gasteiger partial charge in [0, 0.05) is 12.4 Å². The molecule has 0 N–H and O–H groups in total. The van der Waals surface area contributed by atoms with Gasteiger partial charge in [0.2, 0.25) is 0 Å². The van der Waals surface area contributed by atoms with Crippen LogP contribution in [0.4, 0.5) is 0 Å². The van der Waals surface area contributed by atoms with Crippen LogP contribution in [0.25, 0.3) is 0 Å². The highest BCUT2D eigenvalue weighted by molar-refractivity contribution is 7.08. The fraction of sp³-hybridized carbons (Fsp3) is 0.0909. The van der Waals surface area contributed by atoms with Gasteiger partial charge in [-0.2, -0.15) is 11.3 Å². The third-order valence-electron chi connectivity index (χ3n) is 2.08. The summed E-state index contributed by atoms with van der Waals surface area (Å²) in [5, 5.41) is 3.97. The van der Waals surface area contributed by atoms with Gasteiger partial charge in [-0.25, -0.2) is 0 Å². The Labute approximate surface area is 86.2 Å². The molecule has 2 aromatic rings. The van der Waals surface area contributed by atoms with Crippen LogP contribution in [0.5, 0.6) is 0 Å². The number of carbonyl (C=O) groups excluding carboxylic acids is 1. The molecule has 2 heterocycles. The Morgan fingerprint density at radius 2 is 2.29 bits per heavy atom. The van der Waals surface area contributed by atoms with Crippen molar-refractivity contribution in [1.82, 2.24) is 4.98 Å². The molecule has 2 rings (SSSR count). The van der Waals surface area contributed by atoms with E-state index in [9.17, 15) is 4.79 Å². The third kappa shape index (κ3) is 1.72. The lowest BCUT2D eigenvalue weighted by Crippen LogP contribution is -2.00. The lowest BCUT2D eigenvalue weighted by Gasteiger charge is -2.07. The van der Waals surface area contributed by atoms with E-state index in [-0.39, 0.29) is 5.92 Å². The summed E-state index contributed by atoms with van der Waals surface area (Å²) in [6.45, 7) is 0. The van der Waals surface area contributed by atoms with E-state index in [1.54, 1.807) is 23.7 Å². The smallest absolute Gasteiger partial charge is 0.131 e. The summed E-state index contributed by atoms with van der Waals surface area (Å²) in [5.74, 6) is -0.171. The molecule has 1 atom stereocenters. The van der Waals surface area contributed by atoms with Crippen LogP contribution in [-0.4, -0.2) is 11.3 Å². The molecule has 3 heteroatoms. The number of nitrogens with zero attached hydrogens (tertiary/aromatic N) is 1. The highest BCUT2D eigenvalue weighted by atomic mass is 32.1. The molecule has 0 amide bonds. The van der Waals surface area contributed by atoms with Gasteiger partial charge in [-0.15, -0.1) is 0 Å². The van der Waals surface area contributed by atoms with Crippen LogP contribution < -0.4 is 0 Å². The second-order valence-electron chi connectivity index (χ2n) is 2.96. The van der Waals surface area contributed by atoms with Gasteiger partial charge in [0.05, 0.1) is 5.92 Å². The summed E-state index contributed by atoms with van der Waals surface area (Å²) in [5.41, 5.74) is 1.99. The van der Waals surface area contributed by atoms with E-state index in [0.29, 0.717) is 0 Å². The van der Waals surface area contributed by atoms with Crippen molar-refractivity contribution in [2.24, 2.45) is 0 Å². The van der Waals surface area contributed by atoms with Crippen LogP contribution in [0, 0.1) is 0 Å². The molecular formula is C11H9NOS. The van der Waals surface area contributed by atoms with Crippen molar-refractivity contribution in [2.45, 2.75) is 5.92 Å². The van der Waals surface area contributed by atoms with Gasteiger partial charge in [0.15, 0.2) is 0 Å². The van der Waals surface area contributed by atoms with Crippen LogP contribution >= 0.6 is 11.3 Å². The SMILES string of the molecule is O=CC(c1cccnc1)c1ccsc1. The third-order valence-corrected chi connectivity index (χ3v) is 2.78. The number of aldehydes is 1. The van der Waals surface area contributed by atoms with Crippen LogP contribution in [0.15, 0.2) is 41.4 Å². The Morgan fingerprint density at radius 3 is 2.86 bits per heavy atom. The first-order valence-electron chi connectivity index (χ1n) is 4.29. The van der Waals surface area contributed by atoms with Crippen LogP contribution in [-0.2, 0) is 4.79 Å². The molecule has 2 nitrogen and oxygen atoms in total. The summed E-state index contributed by atoms with van der Waals surface area (Å²) in [6.07, 6.45) is 4.40. The molecular weight excluding hydrogens is 194 g/mol. The molecule has 0 bridgehead atoms. The number of hydrogen-bond donors (Lipinski definition) is 0. The zero-order valence-electron chi connectivity index (χ0n) is 7.46. The largest absolute Gasteiger partial charge is 0.302 e. The second-order valence-corrected chi connectivity index (χ2v) is 3.74. The summed E-state index contributed by atoms with van der Waals surface area (Å²) in [4.78, 5) is 15.0. The van der Waals surface area contributed by atoms with Crippen molar-refractivity contribution in [3.8, 4) is 0 Å². The minimum Gasteiger partial charge on any atom is -0.302 e. The Morgan fingerprint density at radius 1 is 1.36 bits per heavy atom. The van der Waals surface area contributed by atoms with E-state index in [1.807, 2.05) is 29.0 Å². The van der Waals surface area contributed by atoms with Crippen LogP contribution in [0.1, 0.15) is 17.0 Å². The maximum atomic E-state index is 11.0. The van der Waals surface area contributed by atoms with Crippen LogP contribution in [0.3, 0.4) is 0 Å². The van der Waals surface area contributed by atoms with E-state index >= 15 is 0 Å². The van der Waals surface area contributed by atoms with E-state index in [1.165, 1.54) is 0 Å². The van der Waals surface area contributed by atoms with Gasteiger partial charge >= 0.3 is 0 Å². The van der Waals surface area contributed by atoms with Crippen molar-refractivity contribution in [3.05, 3.63) is 52.5 Å². The second kappa shape index (κ2) is 4.15. The lowest BCUT2D eigenvalue weighted by molar-refractivity contribution is -0.108. The fourth-order valence-corrected chi connectivity index (χ4v) is 2.06.